The van der Waals surface area contributed by atoms with Gasteiger partial charge in [0.25, 0.3) is 16.8 Å². The standard InChI is InChI=1S/C21H20ClN5O5S/c22-15-5-7-16(8-6-15)31-13-19-23-24-21(32-19)33-14-20(28)26-11-9-25(10-12-26)17-3-1-2-4-18(17)27(29)30/h1-8H,9-14H2. The fourth-order valence-electron chi connectivity index (χ4n) is 3.33. The molecule has 1 aliphatic rings. The van der Waals surface area contributed by atoms with Crippen LogP contribution in [0.1, 0.15) is 5.89 Å². The van der Waals surface area contributed by atoms with E-state index >= 15 is 0 Å². The number of rotatable bonds is 8. The van der Waals surface area contributed by atoms with Gasteiger partial charge in [0.15, 0.2) is 6.61 Å². The van der Waals surface area contributed by atoms with Crippen LogP contribution in [-0.2, 0) is 11.4 Å². The first kappa shape index (κ1) is 22.9. The summed E-state index contributed by atoms with van der Waals surface area (Å²) in [6.07, 6.45) is 0. The van der Waals surface area contributed by atoms with E-state index in [9.17, 15) is 14.9 Å². The van der Waals surface area contributed by atoms with E-state index < -0.39 is 0 Å². The zero-order chi connectivity index (χ0) is 23.2. The van der Waals surface area contributed by atoms with E-state index in [0.717, 1.165) is 11.8 Å². The number of benzene rings is 2. The number of hydrogen-bond acceptors (Lipinski definition) is 9. The molecule has 1 saturated heterocycles. The molecular weight excluding hydrogens is 470 g/mol. The normalized spacial score (nSPS) is 13.7. The van der Waals surface area contributed by atoms with E-state index in [4.69, 9.17) is 20.8 Å². The topological polar surface area (TPSA) is 115 Å². The highest BCUT2D eigenvalue weighted by Gasteiger charge is 2.25. The van der Waals surface area contributed by atoms with Crippen molar-refractivity contribution in [1.82, 2.24) is 15.1 Å². The number of aromatic nitrogens is 2. The summed E-state index contributed by atoms with van der Waals surface area (Å²) in [6.45, 7) is 2.11. The van der Waals surface area contributed by atoms with E-state index in [-0.39, 0.29) is 34.1 Å². The third-order valence-corrected chi connectivity index (χ3v) is 6.05. The van der Waals surface area contributed by atoms with Crippen molar-refractivity contribution in [2.75, 3.05) is 36.8 Å². The lowest BCUT2D eigenvalue weighted by atomic mass is 10.2. The molecule has 172 valence electrons. The molecule has 2 heterocycles. The maximum absolute atomic E-state index is 12.6. The van der Waals surface area contributed by atoms with Gasteiger partial charge in [-0.05, 0) is 30.3 Å². The lowest BCUT2D eigenvalue weighted by molar-refractivity contribution is -0.384. The number of carbonyl (C=O) groups is 1. The van der Waals surface area contributed by atoms with Crippen molar-refractivity contribution in [3.05, 3.63) is 69.6 Å². The van der Waals surface area contributed by atoms with Crippen molar-refractivity contribution in [3.63, 3.8) is 0 Å². The van der Waals surface area contributed by atoms with Crippen molar-refractivity contribution < 1.29 is 18.9 Å². The molecule has 10 nitrogen and oxygen atoms in total. The van der Waals surface area contributed by atoms with Crippen LogP contribution in [-0.4, -0.2) is 57.9 Å². The van der Waals surface area contributed by atoms with Gasteiger partial charge in [0.1, 0.15) is 11.4 Å². The van der Waals surface area contributed by atoms with Gasteiger partial charge in [-0.15, -0.1) is 10.2 Å². The molecular formula is C21H20ClN5O5S. The fourth-order valence-corrected chi connectivity index (χ4v) is 4.14. The molecule has 0 N–H and O–H groups in total. The molecule has 0 atom stereocenters. The first-order valence-corrected chi connectivity index (χ1v) is 11.5. The number of nitrogens with zero attached hydrogens (tertiary/aromatic N) is 5. The highest BCUT2D eigenvalue weighted by atomic mass is 35.5. The first-order valence-electron chi connectivity index (χ1n) is 10.1. The number of halogens is 1. The molecule has 0 unspecified atom stereocenters. The molecule has 1 aromatic heterocycles. The molecule has 0 spiro atoms. The minimum absolute atomic E-state index is 0.0561. The quantitative estimate of drug-likeness (QED) is 0.265. The minimum Gasteiger partial charge on any atom is -0.484 e. The van der Waals surface area contributed by atoms with Gasteiger partial charge in [0, 0.05) is 37.3 Å². The molecule has 33 heavy (non-hydrogen) atoms. The van der Waals surface area contributed by atoms with Gasteiger partial charge in [-0.1, -0.05) is 35.5 Å². The number of piperazine rings is 1. The average Bonchev–Trinajstić information content (AvgIpc) is 3.30. The number of thioether (sulfide) groups is 1. The van der Waals surface area contributed by atoms with Crippen LogP contribution in [0.3, 0.4) is 0 Å². The molecule has 1 fully saturated rings. The summed E-state index contributed by atoms with van der Waals surface area (Å²) >= 11 is 7.01. The minimum atomic E-state index is -0.386. The summed E-state index contributed by atoms with van der Waals surface area (Å²) < 4.78 is 11.1. The monoisotopic (exact) mass is 489 g/mol. The van der Waals surface area contributed by atoms with Crippen LogP contribution >= 0.6 is 23.4 Å². The van der Waals surface area contributed by atoms with Crippen LogP contribution in [0.5, 0.6) is 5.75 Å². The van der Waals surface area contributed by atoms with Gasteiger partial charge < -0.3 is 19.0 Å². The number of nitro groups is 1. The Hall–Kier alpha value is -3.31. The predicted octanol–water partition coefficient (Wildman–Crippen LogP) is 3.65. The van der Waals surface area contributed by atoms with Crippen LogP contribution in [0.15, 0.2) is 58.2 Å². The van der Waals surface area contributed by atoms with E-state index in [1.165, 1.54) is 6.07 Å². The van der Waals surface area contributed by atoms with Gasteiger partial charge in [0.2, 0.25) is 5.91 Å². The second-order valence-electron chi connectivity index (χ2n) is 7.11. The van der Waals surface area contributed by atoms with Crippen molar-refractivity contribution in [2.24, 2.45) is 0 Å². The van der Waals surface area contributed by atoms with E-state index in [1.807, 2.05) is 4.90 Å². The average molecular weight is 490 g/mol. The summed E-state index contributed by atoms with van der Waals surface area (Å²) in [5.41, 5.74) is 0.642. The van der Waals surface area contributed by atoms with E-state index in [2.05, 4.69) is 10.2 Å². The number of nitro benzene ring substituents is 1. The molecule has 12 heteroatoms. The summed E-state index contributed by atoms with van der Waals surface area (Å²) in [4.78, 5) is 27.1. The lowest BCUT2D eigenvalue weighted by Gasteiger charge is -2.35. The Bertz CT molecular complexity index is 1120. The highest BCUT2D eigenvalue weighted by Crippen LogP contribution is 2.28. The summed E-state index contributed by atoms with van der Waals surface area (Å²) in [6, 6.07) is 13.6. The van der Waals surface area contributed by atoms with Gasteiger partial charge in [-0.25, -0.2) is 0 Å². The smallest absolute Gasteiger partial charge is 0.292 e. The number of carbonyl (C=O) groups excluding carboxylic acids is 1. The molecule has 1 amide bonds. The summed E-state index contributed by atoms with van der Waals surface area (Å²) in [5.74, 6) is 1.03. The number of anilines is 1. The zero-order valence-corrected chi connectivity index (χ0v) is 19.0. The van der Waals surface area contributed by atoms with Crippen LogP contribution in [0.2, 0.25) is 5.02 Å². The molecule has 4 rings (SSSR count). The number of para-hydroxylation sites is 2. The highest BCUT2D eigenvalue weighted by molar-refractivity contribution is 7.99. The fraction of sp³-hybridized carbons (Fsp3) is 0.286. The largest absolute Gasteiger partial charge is 0.484 e. The van der Waals surface area contributed by atoms with Gasteiger partial charge in [-0.3, -0.25) is 14.9 Å². The molecule has 0 radical (unpaired) electrons. The molecule has 0 aliphatic carbocycles. The molecule has 3 aromatic rings. The van der Waals surface area contributed by atoms with Crippen LogP contribution in [0.25, 0.3) is 0 Å². The predicted molar refractivity (Wildman–Crippen MR) is 123 cm³/mol. The Balaban J connectivity index is 1.23. The van der Waals surface area contributed by atoms with Crippen molar-refractivity contribution >= 4 is 40.6 Å². The van der Waals surface area contributed by atoms with Gasteiger partial charge >= 0.3 is 0 Å². The summed E-state index contributed by atoms with van der Waals surface area (Å²) in [5, 5.41) is 20.0. The SMILES string of the molecule is O=C(CSc1nnc(COc2ccc(Cl)cc2)o1)N1CCN(c2ccccc2[N+](=O)[O-])CC1. The third-order valence-electron chi connectivity index (χ3n) is 4.99. The molecule has 0 saturated carbocycles. The number of ether oxygens (including phenoxy) is 1. The molecule has 2 aromatic carbocycles. The molecule has 1 aliphatic heterocycles. The van der Waals surface area contributed by atoms with Crippen molar-refractivity contribution in [1.29, 1.82) is 0 Å². The van der Waals surface area contributed by atoms with Crippen LogP contribution in [0, 0.1) is 10.1 Å². The Kier molecular flexibility index (Phi) is 7.30. The Morgan fingerprint density at radius 2 is 1.85 bits per heavy atom. The maximum atomic E-state index is 12.6. The Labute approximate surface area is 198 Å². The van der Waals surface area contributed by atoms with E-state index in [0.29, 0.717) is 48.5 Å². The number of amides is 1. The van der Waals surface area contributed by atoms with Crippen LogP contribution < -0.4 is 9.64 Å². The zero-order valence-electron chi connectivity index (χ0n) is 17.4. The summed E-state index contributed by atoms with van der Waals surface area (Å²) in [7, 11) is 0. The van der Waals surface area contributed by atoms with E-state index in [1.54, 1.807) is 47.4 Å². The van der Waals surface area contributed by atoms with Gasteiger partial charge in [-0.2, -0.15) is 0 Å². The second-order valence-corrected chi connectivity index (χ2v) is 8.47. The van der Waals surface area contributed by atoms with Crippen LogP contribution in [0.4, 0.5) is 11.4 Å². The Morgan fingerprint density at radius 3 is 2.58 bits per heavy atom. The Morgan fingerprint density at radius 1 is 1.12 bits per heavy atom. The maximum Gasteiger partial charge on any atom is 0.292 e. The second kappa shape index (κ2) is 10.5. The number of hydrogen-bond donors (Lipinski definition) is 0. The lowest BCUT2D eigenvalue weighted by Crippen LogP contribution is -2.49. The molecule has 0 bridgehead atoms. The van der Waals surface area contributed by atoms with Crippen molar-refractivity contribution in [2.45, 2.75) is 11.8 Å². The van der Waals surface area contributed by atoms with Crippen molar-refractivity contribution in [3.8, 4) is 5.75 Å². The first-order chi connectivity index (χ1) is 16.0. The third kappa shape index (κ3) is 5.93. The van der Waals surface area contributed by atoms with Gasteiger partial charge in [0.05, 0.1) is 10.7 Å².